The average molecular weight is 312 g/mol. The van der Waals surface area contributed by atoms with Gasteiger partial charge in [-0.3, -0.25) is 0 Å². The zero-order valence-corrected chi connectivity index (χ0v) is 12.4. The fourth-order valence-corrected chi connectivity index (χ4v) is 2.77. The molecular weight excluding hydrogens is 290 g/mol. The molecule has 1 aliphatic rings. The van der Waals surface area contributed by atoms with Crippen molar-refractivity contribution in [3.05, 3.63) is 28.7 Å². The van der Waals surface area contributed by atoms with Crippen LogP contribution < -0.4 is 10.1 Å². The molecule has 0 heterocycles. The molecule has 1 fully saturated rings. The summed E-state index contributed by atoms with van der Waals surface area (Å²) < 4.78 is 6.74. The first-order valence-corrected chi connectivity index (χ1v) is 7.73. The van der Waals surface area contributed by atoms with Crippen molar-refractivity contribution in [1.82, 2.24) is 5.32 Å². The molecule has 1 aliphatic carbocycles. The number of ether oxygens (including phenoxy) is 1. The van der Waals surface area contributed by atoms with Crippen molar-refractivity contribution >= 4 is 15.9 Å². The topological polar surface area (TPSA) is 21.3 Å². The largest absolute Gasteiger partial charge is 0.492 e. The summed E-state index contributed by atoms with van der Waals surface area (Å²) in [6.07, 6.45) is 7.10. The summed E-state index contributed by atoms with van der Waals surface area (Å²) in [7, 11) is 0. The predicted octanol–water partition coefficient (Wildman–Crippen LogP) is 4.00. The molecule has 0 bridgehead atoms. The van der Waals surface area contributed by atoms with E-state index in [-0.39, 0.29) is 0 Å². The fraction of sp³-hybridized carbons (Fsp3) is 0.600. The van der Waals surface area contributed by atoms with Crippen LogP contribution in [0.25, 0.3) is 0 Å². The first kappa shape index (κ1) is 13.9. The highest BCUT2D eigenvalue weighted by Gasteiger charge is 2.13. The Bertz CT molecular complexity index is 333. The smallest absolute Gasteiger partial charge is 0.119 e. The van der Waals surface area contributed by atoms with Crippen LogP contribution in [0.2, 0.25) is 0 Å². The van der Waals surface area contributed by atoms with Crippen LogP contribution in [0.3, 0.4) is 0 Å². The second kappa shape index (κ2) is 7.80. The number of hydrogen-bond donors (Lipinski definition) is 1. The zero-order valence-electron chi connectivity index (χ0n) is 10.8. The van der Waals surface area contributed by atoms with Crippen molar-refractivity contribution < 1.29 is 4.74 Å². The second-order valence-electron chi connectivity index (χ2n) is 4.99. The maximum atomic E-state index is 5.65. The molecule has 0 amide bonds. The van der Waals surface area contributed by atoms with Gasteiger partial charge in [0.05, 0.1) is 0 Å². The van der Waals surface area contributed by atoms with E-state index < -0.39 is 0 Å². The summed E-state index contributed by atoms with van der Waals surface area (Å²) in [6, 6.07) is 7.98. The Kier molecular flexibility index (Phi) is 6.01. The molecule has 0 saturated heterocycles. The molecule has 100 valence electrons. The van der Waals surface area contributed by atoms with Gasteiger partial charge in [-0.25, -0.2) is 0 Å². The molecule has 1 aromatic rings. The van der Waals surface area contributed by atoms with Gasteiger partial charge in [-0.15, -0.1) is 0 Å². The van der Waals surface area contributed by atoms with Gasteiger partial charge in [-0.1, -0.05) is 41.6 Å². The monoisotopic (exact) mass is 311 g/mol. The molecule has 2 rings (SSSR count). The summed E-state index contributed by atoms with van der Waals surface area (Å²) in [5, 5.41) is 3.46. The Morgan fingerprint density at radius 2 is 1.83 bits per heavy atom. The van der Waals surface area contributed by atoms with E-state index in [0.29, 0.717) is 0 Å². The number of benzene rings is 1. The lowest BCUT2D eigenvalue weighted by atomic mass is 10.0. The number of hydrogen-bond acceptors (Lipinski definition) is 2. The van der Waals surface area contributed by atoms with Crippen molar-refractivity contribution in [2.45, 2.75) is 32.1 Å². The quantitative estimate of drug-likeness (QED) is 0.769. The summed E-state index contributed by atoms with van der Waals surface area (Å²) in [5.74, 6) is 1.92. The van der Waals surface area contributed by atoms with Crippen molar-refractivity contribution in [2.24, 2.45) is 5.92 Å². The van der Waals surface area contributed by atoms with Gasteiger partial charge in [0, 0.05) is 11.0 Å². The van der Waals surface area contributed by atoms with Gasteiger partial charge >= 0.3 is 0 Å². The van der Waals surface area contributed by atoms with Crippen LogP contribution in [-0.2, 0) is 0 Å². The molecule has 0 atom stereocenters. The molecule has 0 unspecified atom stereocenters. The lowest BCUT2D eigenvalue weighted by Gasteiger charge is -2.10. The Balaban J connectivity index is 1.49. The lowest BCUT2D eigenvalue weighted by molar-refractivity contribution is 0.311. The standard InChI is InChI=1S/C15H22BrNO/c16-14-5-7-15(8-6-14)18-12-11-17-10-9-13-3-1-2-4-13/h5-8,13,17H,1-4,9-12H2. The van der Waals surface area contributed by atoms with Crippen LogP contribution in [0.4, 0.5) is 0 Å². The summed E-state index contributed by atoms with van der Waals surface area (Å²) in [4.78, 5) is 0. The minimum atomic E-state index is 0.742. The highest BCUT2D eigenvalue weighted by atomic mass is 79.9. The Morgan fingerprint density at radius 3 is 2.56 bits per heavy atom. The second-order valence-corrected chi connectivity index (χ2v) is 5.91. The van der Waals surface area contributed by atoms with E-state index in [4.69, 9.17) is 4.74 Å². The molecule has 3 heteroatoms. The molecule has 0 aromatic heterocycles. The van der Waals surface area contributed by atoms with E-state index >= 15 is 0 Å². The van der Waals surface area contributed by atoms with Crippen molar-refractivity contribution in [3.63, 3.8) is 0 Å². The predicted molar refractivity (Wildman–Crippen MR) is 79.1 cm³/mol. The van der Waals surface area contributed by atoms with E-state index in [1.165, 1.54) is 32.1 Å². The summed E-state index contributed by atoms with van der Waals surface area (Å²) in [6.45, 7) is 2.81. The molecule has 0 spiro atoms. The molecule has 18 heavy (non-hydrogen) atoms. The maximum absolute atomic E-state index is 5.65. The maximum Gasteiger partial charge on any atom is 0.119 e. The Morgan fingerprint density at radius 1 is 1.11 bits per heavy atom. The normalized spacial score (nSPS) is 16.1. The van der Waals surface area contributed by atoms with E-state index in [1.807, 2.05) is 24.3 Å². The SMILES string of the molecule is Brc1ccc(OCCNCCC2CCCC2)cc1. The molecule has 0 aliphatic heterocycles. The van der Waals surface area contributed by atoms with Crippen LogP contribution in [0.1, 0.15) is 32.1 Å². The number of rotatable bonds is 7. The van der Waals surface area contributed by atoms with Gasteiger partial charge < -0.3 is 10.1 Å². The Labute approximate surface area is 118 Å². The van der Waals surface area contributed by atoms with Crippen LogP contribution in [0, 0.1) is 5.92 Å². The first-order chi connectivity index (χ1) is 8.84. The highest BCUT2D eigenvalue weighted by Crippen LogP contribution is 2.26. The molecule has 2 nitrogen and oxygen atoms in total. The van der Waals surface area contributed by atoms with Crippen LogP contribution in [-0.4, -0.2) is 19.7 Å². The van der Waals surface area contributed by atoms with Crippen LogP contribution >= 0.6 is 15.9 Å². The van der Waals surface area contributed by atoms with Crippen LogP contribution in [0.5, 0.6) is 5.75 Å². The number of halogens is 1. The van der Waals surface area contributed by atoms with E-state index in [1.54, 1.807) is 0 Å². The van der Waals surface area contributed by atoms with E-state index in [2.05, 4.69) is 21.2 Å². The van der Waals surface area contributed by atoms with Crippen LogP contribution in [0.15, 0.2) is 28.7 Å². The lowest BCUT2D eigenvalue weighted by Crippen LogP contribution is -2.23. The van der Waals surface area contributed by atoms with Gasteiger partial charge in [0.15, 0.2) is 0 Å². The van der Waals surface area contributed by atoms with Crippen molar-refractivity contribution in [1.29, 1.82) is 0 Å². The zero-order chi connectivity index (χ0) is 12.6. The summed E-state index contributed by atoms with van der Waals surface area (Å²) in [5.41, 5.74) is 0. The summed E-state index contributed by atoms with van der Waals surface area (Å²) >= 11 is 3.41. The minimum Gasteiger partial charge on any atom is -0.492 e. The van der Waals surface area contributed by atoms with Gasteiger partial charge in [0.2, 0.25) is 0 Å². The molecule has 1 aromatic carbocycles. The average Bonchev–Trinajstić information content (AvgIpc) is 2.89. The van der Waals surface area contributed by atoms with E-state index in [0.717, 1.165) is 35.8 Å². The van der Waals surface area contributed by atoms with Gasteiger partial charge in [0.25, 0.3) is 0 Å². The van der Waals surface area contributed by atoms with Crippen molar-refractivity contribution in [2.75, 3.05) is 19.7 Å². The third-order valence-electron chi connectivity index (χ3n) is 3.57. The molecular formula is C15H22BrNO. The number of nitrogens with one attached hydrogen (secondary N) is 1. The van der Waals surface area contributed by atoms with Gasteiger partial charge in [-0.2, -0.15) is 0 Å². The van der Waals surface area contributed by atoms with Gasteiger partial charge in [0.1, 0.15) is 12.4 Å². The minimum absolute atomic E-state index is 0.742. The van der Waals surface area contributed by atoms with Crippen molar-refractivity contribution in [3.8, 4) is 5.75 Å². The molecule has 1 saturated carbocycles. The first-order valence-electron chi connectivity index (χ1n) is 6.94. The third kappa shape index (κ3) is 4.99. The van der Waals surface area contributed by atoms with E-state index in [9.17, 15) is 0 Å². The molecule has 0 radical (unpaired) electrons. The third-order valence-corrected chi connectivity index (χ3v) is 4.09. The van der Waals surface area contributed by atoms with Gasteiger partial charge in [-0.05, 0) is 43.1 Å². The highest BCUT2D eigenvalue weighted by molar-refractivity contribution is 9.10. The Hall–Kier alpha value is -0.540. The fourth-order valence-electron chi connectivity index (χ4n) is 2.50. The molecule has 1 N–H and O–H groups in total.